The molecule has 1 heterocycles. The van der Waals surface area contributed by atoms with Crippen LogP contribution in [0.2, 0.25) is 0 Å². The monoisotopic (exact) mass is 432 g/mol. The van der Waals surface area contributed by atoms with Gasteiger partial charge in [-0.05, 0) is 36.6 Å². The lowest BCUT2D eigenvalue weighted by Crippen LogP contribution is -2.46. The van der Waals surface area contributed by atoms with Gasteiger partial charge in [0.2, 0.25) is 0 Å². The average Bonchev–Trinajstić information content (AvgIpc) is 2.73. The minimum atomic E-state index is -4.45. The van der Waals surface area contributed by atoms with Crippen LogP contribution < -0.4 is 9.47 Å². The summed E-state index contributed by atoms with van der Waals surface area (Å²) in [5.41, 5.74) is 0.147. The second-order valence-electron chi connectivity index (χ2n) is 6.55. The number of carbonyl (C=O) groups is 1. The minimum Gasteiger partial charge on any atom is -0.493 e. The SMILES string of the molecule is COc1ccc(CC2CC=CC(=O)N2S(=O)(=O)c2ccccc2[N+](=O)[O-])cc1OC. The molecule has 0 radical (unpaired) electrons. The molecule has 1 aliphatic heterocycles. The Labute approximate surface area is 173 Å². The second-order valence-corrected chi connectivity index (χ2v) is 8.33. The first kappa shape index (κ1) is 21.3. The number of carbonyl (C=O) groups excluding carboxylic acids is 1. The van der Waals surface area contributed by atoms with Crippen molar-refractivity contribution in [1.82, 2.24) is 4.31 Å². The standard InChI is InChI=1S/C20H20N2O7S/c1-28-17-11-10-14(13-18(17)29-2)12-15-6-5-9-20(23)21(15)30(26,27)19-8-4-3-7-16(19)22(24)25/h3-5,7-11,13,15H,6,12H2,1-2H3. The van der Waals surface area contributed by atoms with Crippen LogP contribution in [0.3, 0.4) is 0 Å². The molecule has 158 valence electrons. The highest BCUT2D eigenvalue weighted by Gasteiger charge is 2.39. The molecule has 0 fully saturated rings. The predicted octanol–water partition coefficient (Wildman–Crippen LogP) is 2.70. The van der Waals surface area contributed by atoms with E-state index in [4.69, 9.17) is 9.47 Å². The van der Waals surface area contributed by atoms with Gasteiger partial charge < -0.3 is 9.47 Å². The van der Waals surface area contributed by atoms with Gasteiger partial charge in [0.1, 0.15) is 0 Å². The molecule has 3 rings (SSSR count). The molecule has 0 saturated heterocycles. The normalized spacial score (nSPS) is 16.4. The Morgan fingerprint density at radius 3 is 2.50 bits per heavy atom. The molecule has 1 unspecified atom stereocenters. The van der Waals surface area contributed by atoms with E-state index in [-0.39, 0.29) is 12.8 Å². The fourth-order valence-electron chi connectivity index (χ4n) is 3.37. The zero-order valence-electron chi connectivity index (χ0n) is 16.3. The topological polar surface area (TPSA) is 116 Å². The number of rotatable bonds is 7. The number of sulfonamides is 1. The molecule has 0 N–H and O–H groups in total. The molecular weight excluding hydrogens is 412 g/mol. The second kappa shape index (κ2) is 8.54. The van der Waals surface area contributed by atoms with E-state index in [1.165, 1.54) is 26.4 Å². The Morgan fingerprint density at radius 2 is 1.83 bits per heavy atom. The Balaban J connectivity index is 2.01. The molecule has 0 spiro atoms. The van der Waals surface area contributed by atoms with Gasteiger partial charge in [-0.25, -0.2) is 12.7 Å². The van der Waals surface area contributed by atoms with E-state index in [1.54, 1.807) is 24.3 Å². The van der Waals surface area contributed by atoms with Gasteiger partial charge in [-0.15, -0.1) is 0 Å². The molecule has 9 nitrogen and oxygen atoms in total. The first-order chi connectivity index (χ1) is 14.3. The van der Waals surface area contributed by atoms with Crippen LogP contribution in [0.5, 0.6) is 11.5 Å². The van der Waals surface area contributed by atoms with E-state index in [0.29, 0.717) is 11.5 Å². The molecule has 1 atom stereocenters. The number of ether oxygens (including phenoxy) is 2. The van der Waals surface area contributed by atoms with E-state index in [0.717, 1.165) is 28.1 Å². The smallest absolute Gasteiger partial charge is 0.289 e. The molecule has 1 aliphatic rings. The number of amides is 1. The van der Waals surface area contributed by atoms with Crippen LogP contribution in [0.25, 0.3) is 0 Å². The van der Waals surface area contributed by atoms with Crippen LogP contribution >= 0.6 is 0 Å². The zero-order chi connectivity index (χ0) is 21.9. The minimum absolute atomic E-state index is 0.205. The van der Waals surface area contributed by atoms with Crippen LogP contribution in [0.4, 0.5) is 5.69 Å². The average molecular weight is 432 g/mol. The highest BCUT2D eigenvalue weighted by atomic mass is 32.2. The third-order valence-corrected chi connectivity index (χ3v) is 6.63. The third-order valence-electron chi connectivity index (χ3n) is 4.74. The number of nitro groups is 1. The van der Waals surface area contributed by atoms with E-state index in [9.17, 15) is 23.3 Å². The van der Waals surface area contributed by atoms with Crippen molar-refractivity contribution in [2.75, 3.05) is 14.2 Å². The van der Waals surface area contributed by atoms with Gasteiger partial charge in [0, 0.05) is 12.1 Å². The molecular formula is C20H20N2O7S. The summed E-state index contributed by atoms with van der Waals surface area (Å²) in [5.74, 6) is 0.246. The Hall–Kier alpha value is -3.40. The molecule has 2 aromatic rings. The predicted molar refractivity (Wildman–Crippen MR) is 108 cm³/mol. The maximum Gasteiger partial charge on any atom is 0.289 e. The van der Waals surface area contributed by atoms with Crippen molar-refractivity contribution in [3.05, 3.63) is 70.3 Å². The number of para-hydroxylation sites is 1. The lowest BCUT2D eigenvalue weighted by Gasteiger charge is -2.32. The van der Waals surface area contributed by atoms with E-state index < -0.39 is 37.5 Å². The molecule has 0 aliphatic carbocycles. The van der Waals surface area contributed by atoms with E-state index in [2.05, 4.69) is 0 Å². The Morgan fingerprint density at radius 1 is 1.13 bits per heavy atom. The van der Waals surface area contributed by atoms with Gasteiger partial charge in [0.25, 0.3) is 21.6 Å². The highest BCUT2D eigenvalue weighted by Crippen LogP contribution is 2.33. The van der Waals surface area contributed by atoms with Crippen LogP contribution in [0.1, 0.15) is 12.0 Å². The summed E-state index contributed by atoms with van der Waals surface area (Å²) in [7, 11) is -1.46. The van der Waals surface area contributed by atoms with Crippen molar-refractivity contribution in [3.8, 4) is 11.5 Å². The van der Waals surface area contributed by atoms with Gasteiger partial charge in [0.05, 0.1) is 25.2 Å². The number of hydrogen-bond acceptors (Lipinski definition) is 7. The van der Waals surface area contributed by atoms with Crippen molar-refractivity contribution in [1.29, 1.82) is 0 Å². The first-order valence-electron chi connectivity index (χ1n) is 8.99. The number of nitrogens with zero attached hydrogens (tertiary/aromatic N) is 2. The van der Waals surface area contributed by atoms with Crippen LogP contribution in [0, 0.1) is 10.1 Å². The van der Waals surface area contributed by atoms with Crippen LogP contribution in [0.15, 0.2) is 59.5 Å². The number of hydrogen-bond donors (Lipinski definition) is 0. The molecule has 1 amide bonds. The Bertz CT molecular complexity index is 1110. The molecule has 0 saturated carbocycles. The lowest BCUT2D eigenvalue weighted by molar-refractivity contribution is -0.387. The molecule has 0 aromatic heterocycles. The van der Waals surface area contributed by atoms with Crippen LogP contribution in [-0.2, 0) is 21.2 Å². The van der Waals surface area contributed by atoms with E-state index >= 15 is 0 Å². The molecule has 30 heavy (non-hydrogen) atoms. The van der Waals surface area contributed by atoms with Gasteiger partial charge in [-0.2, -0.15) is 0 Å². The van der Waals surface area contributed by atoms with Crippen molar-refractivity contribution in [2.45, 2.75) is 23.8 Å². The van der Waals surface area contributed by atoms with Crippen molar-refractivity contribution >= 4 is 21.6 Å². The maximum atomic E-state index is 13.3. The van der Waals surface area contributed by atoms with Gasteiger partial charge in [-0.1, -0.05) is 24.3 Å². The molecule has 2 aromatic carbocycles. The van der Waals surface area contributed by atoms with Gasteiger partial charge in [-0.3, -0.25) is 14.9 Å². The summed E-state index contributed by atoms with van der Waals surface area (Å²) in [6.07, 6.45) is 3.24. The summed E-state index contributed by atoms with van der Waals surface area (Å²) < 4.78 is 37.8. The lowest BCUT2D eigenvalue weighted by atomic mass is 10.0. The van der Waals surface area contributed by atoms with Gasteiger partial charge in [0.15, 0.2) is 16.4 Å². The molecule has 10 heteroatoms. The fraction of sp³-hybridized carbons (Fsp3) is 0.250. The number of nitro benzene ring substituents is 1. The number of benzene rings is 2. The summed E-state index contributed by atoms with van der Waals surface area (Å²) in [6.45, 7) is 0. The molecule has 0 bridgehead atoms. The quantitative estimate of drug-likeness (QED) is 0.488. The van der Waals surface area contributed by atoms with Crippen LogP contribution in [-0.4, -0.2) is 43.8 Å². The highest BCUT2D eigenvalue weighted by molar-refractivity contribution is 7.89. The summed E-state index contributed by atoms with van der Waals surface area (Å²) in [6, 6.07) is 9.38. The summed E-state index contributed by atoms with van der Waals surface area (Å²) >= 11 is 0. The van der Waals surface area contributed by atoms with Crippen molar-refractivity contribution in [2.24, 2.45) is 0 Å². The van der Waals surface area contributed by atoms with Crippen molar-refractivity contribution in [3.63, 3.8) is 0 Å². The third kappa shape index (κ3) is 3.99. The van der Waals surface area contributed by atoms with Crippen molar-refractivity contribution < 1.29 is 27.6 Å². The van der Waals surface area contributed by atoms with Gasteiger partial charge >= 0.3 is 0 Å². The zero-order valence-corrected chi connectivity index (χ0v) is 17.2. The first-order valence-corrected chi connectivity index (χ1v) is 10.4. The van der Waals surface area contributed by atoms with E-state index in [1.807, 2.05) is 0 Å². The summed E-state index contributed by atoms with van der Waals surface area (Å²) in [5, 5.41) is 11.3. The fourth-order valence-corrected chi connectivity index (χ4v) is 5.09. The Kier molecular flexibility index (Phi) is 6.06. The maximum absolute atomic E-state index is 13.3. The summed E-state index contributed by atoms with van der Waals surface area (Å²) in [4.78, 5) is 22.6. The number of methoxy groups -OCH3 is 2. The largest absolute Gasteiger partial charge is 0.493 e.